The summed E-state index contributed by atoms with van der Waals surface area (Å²) in [6.45, 7) is 7.90. The number of carbonyl (C=O) groups is 2. The molecular weight excluding hydrogens is 210 g/mol. The summed E-state index contributed by atoms with van der Waals surface area (Å²) < 4.78 is 5.19. The van der Waals surface area contributed by atoms with Crippen LogP contribution in [0.25, 0.3) is 0 Å². The average molecular weight is 229 g/mol. The Labute approximate surface area is 95.4 Å². The second kappa shape index (κ2) is 4.31. The topological polar surface area (TPSA) is 66.8 Å². The third-order valence-electron chi connectivity index (χ3n) is 2.58. The van der Waals surface area contributed by atoms with Gasteiger partial charge in [-0.15, -0.1) is 0 Å². The number of ether oxygens (including phenoxy) is 1. The van der Waals surface area contributed by atoms with Gasteiger partial charge in [0.05, 0.1) is 5.92 Å². The number of hydrogen-bond acceptors (Lipinski definition) is 3. The van der Waals surface area contributed by atoms with Crippen LogP contribution in [0.2, 0.25) is 0 Å². The fraction of sp³-hybridized carbons (Fsp3) is 0.818. The van der Waals surface area contributed by atoms with Crippen molar-refractivity contribution in [3.05, 3.63) is 0 Å². The lowest BCUT2D eigenvalue weighted by Gasteiger charge is -2.24. The Bertz CT molecular complexity index is 295. The Balaban J connectivity index is 2.58. The first-order valence-electron chi connectivity index (χ1n) is 5.41. The summed E-state index contributed by atoms with van der Waals surface area (Å²) in [6.07, 6.45) is -0.428. The first kappa shape index (κ1) is 12.8. The van der Waals surface area contributed by atoms with Gasteiger partial charge in [-0.1, -0.05) is 6.92 Å². The molecule has 1 fully saturated rings. The molecule has 0 radical (unpaired) electrons. The highest BCUT2D eigenvalue weighted by Gasteiger charge is 2.38. The number of carboxylic acids is 1. The van der Waals surface area contributed by atoms with Gasteiger partial charge in [0.1, 0.15) is 5.60 Å². The molecule has 5 nitrogen and oxygen atoms in total. The van der Waals surface area contributed by atoms with E-state index in [1.165, 1.54) is 4.90 Å². The van der Waals surface area contributed by atoms with E-state index in [1.807, 2.05) is 6.92 Å². The second-order valence-electron chi connectivity index (χ2n) is 5.31. The molecular formula is C11H19NO4. The molecule has 2 atom stereocenters. The maximum absolute atomic E-state index is 11.7. The lowest BCUT2D eigenvalue weighted by atomic mass is 9.99. The van der Waals surface area contributed by atoms with E-state index in [2.05, 4.69) is 0 Å². The molecule has 0 aromatic heterocycles. The average Bonchev–Trinajstić information content (AvgIpc) is 2.44. The summed E-state index contributed by atoms with van der Waals surface area (Å²) in [5.74, 6) is -1.35. The zero-order valence-corrected chi connectivity index (χ0v) is 10.2. The Morgan fingerprint density at radius 2 is 1.88 bits per heavy atom. The number of carboxylic acid groups (broad SMARTS) is 1. The predicted molar refractivity (Wildman–Crippen MR) is 58.1 cm³/mol. The Kier molecular flexibility index (Phi) is 3.45. The summed E-state index contributed by atoms with van der Waals surface area (Å²) in [4.78, 5) is 24.0. The molecule has 1 rings (SSSR count). The number of carbonyl (C=O) groups excluding carboxylic acids is 1. The molecule has 0 bridgehead atoms. The van der Waals surface area contributed by atoms with Crippen LogP contribution in [-0.4, -0.2) is 40.8 Å². The van der Waals surface area contributed by atoms with Crippen molar-refractivity contribution in [3.63, 3.8) is 0 Å². The van der Waals surface area contributed by atoms with Crippen LogP contribution in [0.4, 0.5) is 4.79 Å². The molecule has 5 heteroatoms. The first-order chi connectivity index (χ1) is 7.20. The number of aliphatic carboxylic acids is 1. The van der Waals surface area contributed by atoms with Gasteiger partial charge in [-0.05, 0) is 26.7 Å². The van der Waals surface area contributed by atoms with Gasteiger partial charge < -0.3 is 14.7 Å². The Morgan fingerprint density at radius 1 is 1.31 bits per heavy atom. The normalized spacial score (nSPS) is 25.6. The standard InChI is InChI=1S/C11H19NO4/c1-7-5-12(6-8(7)9(13)14)10(15)16-11(2,3)4/h7-8H,5-6H2,1-4H3,(H,13,14)/t7-,8-/m0/s1. The van der Waals surface area contributed by atoms with Gasteiger partial charge >= 0.3 is 12.1 Å². The zero-order valence-electron chi connectivity index (χ0n) is 10.2. The van der Waals surface area contributed by atoms with E-state index in [9.17, 15) is 9.59 Å². The highest BCUT2D eigenvalue weighted by atomic mass is 16.6. The number of hydrogen-bond donors (Lipinski definition) is 1. The third-order valence-corrected chi connectivity index (χ3v) is 2.58. The van der Waals surface area contributed by atoms with Crippen LogP contribution in [0.3, 0.4) is 0 Å². The van der Waals surface area contributed by atoms with Crippen molar-refractivity contribution in [1.29, 1.82) is 0 Å². The summed E-state index contributed by atoms with van der Waals surface area (Å²) >= 11 is 0. The minimum Gasteiger partial charge on any atom is -0.481 e. The summed E-state index contributed by atoms with van der Waals surface area (Å²) in [5, 5.41) is 8.94. The van der Waals surface area contributed by atoms with Crippen LogP contribution < -0.4 is 0 Å². The first-order valence-corrected chi connectivity index (χ1v) is 5.41. The monoisotopic (exact) mass is 229 g/mol. The highest BCUT2D eigenvalue weighted by Crippen LogP contribution is 2.24. The maximum Gasteiger partial charge on any atom is 0.410 e. The van der Waals surface area contributed by atoms with Crippen molar-refractivity contribution in [2.24, 2.45) is 11.8 Å². The molecule has 1 amide bonds. The number of likely N-dealkylation sites (tertiary alicyclic amines) is 1. The molecule has 0 saturated carbocycles. The smallest absolute Gasteiger partial charge is 0.410 e. The quantitative estimate of drug-likeness (QED) is 0.741. The molecule has 0 aromatic rings. The predicted octanol–water partition coefficient (Wildman–Crippen LogP) is 1.57. The van der Waals surface area contributed by atoms with Crippen LogP contribution in [0.5, 0.6) is 0 Å². The van der Waals surface area contributed by atoms with Crippen molar-refractivity contribution in [2.45, 2.75) is 33.3 Å². The lowest BCUT2D eigenvalue weighted by Crippen LogP contribution is -2.35. The van der Waals surface area contributed by atoms with Crippen molar-refractivity contribution in [1.82, 2.24) is 4.90 Å². The Morgan fingerprint density at radius 3 is 2.25 bits per heavy atom. The van der Waals surface area contributed by atoms with Crippen LogP contribution in [0.15, 0.2) is 0 Å². The van der Waals surface area contributed by atoms with Gasteiger partial charge in [-0.2, -0.15) is 0 Å². The summed E-state index contributed by atoms with van der Waals surface area (Å²) in [5.41, 5.74) is -0.540. The van der Waals surface area contributed by atoms with E-state index in [1.54, 1.807) is 20.8 Å². The molecule has 1 aliphatic rings. The van der Waals surface area contributed by atoms with Crippen LogP contribution >= 0.6 is 0 Å². The van der Waals surface area contributed by atoms with Gasteiger partial charge in [-0.25, -0.2) is 4.79 Å². The van der Waals surface area contributed by atoms with E-state index < -0.39 is 23.6 Å². The lowest BCUT2D eigenvalue weighted by molar-refractivity contribution is -0.142. The van der Waals surface area contributed by atoms with Crippen LogP contribution in [0.1, 0.15) is 27.7 Å². The van der Waals surface area contributed by atoms with Crippen molar-refractivity contribution >= 4 is 12.1 Å². The van der Waals surface area contributed by atoms with E-state index in [4.69, 9.17) is 9.84 Å². The molecule has 0 spiro atoms. The van der Waals surface area contributed by atoms with Crippen LogP contribution in [-0.2, 0) is 9.53 Å². The largest absolute Gasteiger partial charge is 0.481 e. The number of nitrogens with zero attached hydrogens (tertiary/aromatic N) is 1. The summed E-state index contributed by atoms with van der Waals surface area (Å²) in [7, 11) is 0. The molecule has 1 heterocycles. The Hall–Kier alpha value is -1.26. The van der Waals surface area contributed by atoms with Gasteiger partial charge in [0.15, 0.2) is 0 Å². The zero-order chi connectivity index (χ0) is 12.5. The second-order valence-corrected chi connectivity index (χ2v) is 5.31. The van der Waals surface area contributed by atoms with Gasteiger partial charge in [0, 0.05) is 13.1 Å². The molecule has 92 valence electrons. The summed E-state index contributed by atoms with van der Waals surface area (Å²) in [6, 6.07) is 0. The fourth-order valence-corrected chi connectivity index (χ4v) is 1.76. The molecule has 1 saturated heterocycles. The molecule has 0 aromatic carbocycles. The molecule has 16 heavy (non-hydrogen) atoms. The molecule has 0 unspecified atom stereocenters. The minimum absolute atomic E-state index is 0.0231. The van der Waals surface area contributed by atoms with E-state index in [0.29, 0.717) is 6.54 Å². The van der Waals surface area contributed by atoms with E-state index in [-0.39, 0.29) is 12.5 Å². The van der Waals surface area contributed by atoms with Gasteiger partial charge in [0.2, 0.25) is 0 Å². The van der Waals surface area contributed by atoms with Crippen LogP contribution in [0, 0.1) is 11.8 Å². The molecule has 1 aliphatic heterocycles. The van der Waals surface area contributed by atoms with Gasteiger partial charge in [0.25, 0.3) is 0 Å². The van der Waals surface area contributed by atoms with Crippen molar-refractivity contribution in [3.8, 4) is 0 Å². The minimum atomic E-state index is -0.849. The SMILES string of the molecule is C[C@H]1CN(C(=O)OC(C)(C)C)C[C@@H]1C(=O)O. The molecule has 0 aliphatic carbocycles. The number of rotatable bonds is 1. The van der Waals surface area contributed by atoms with E-state index >= 15 is 0 Å². The van der Waals surface area contributed by atoms with E-state index in [0.717, 1.165) is 0 Å². The number of amides is 1. The molecule has 1 N–H and O–H groups in total. The fourth-order valence-electron chi connectivity index (χ4n) is 1.76. The van der Waals surface area contributed by atoms with Gasteiger partial charge in [-0.3, -0.25) is 4.79 Å². The van der Waals surface area contributed by atoms with Crippen molar-refractivity contribution < 1.29 is 19.4 Å². The maximum atomic E-state index is 11.7. The highest BCUT2D eigenvalue weighted by molar-refractivity contribution is 5.74. The third kappa shape index (κ3) is 3.12. The van der Waals surface area contributed by atoms with Crippen molar-refractivity contribution in [2.75, 3.05) is 13.1 Å².